The average molecular weight is 351 g/mol. The van der Waals surface area contributed by atoms with E-state index in [4.69, 9.17) is 4.74 Å². The van der Waals surface area contributed by atoms with Gasteiger partial charge < -0.3 is 14.5 Å². The first-order valence-corrected chi connectivity index (χ1v) is 9.21. The Hall–Kier alpha value is -2.40. The molecule has 136 valence electrons. The van der Waals surface area contributed by atoms with Crippen LogP contribution in [0.2, 0.25) is 0 Å². The molecule has 1 amide bonds. The monoisotopic (exact) mass is 351 g/mol. The first-order valence-electron chi connectivity index (χ1n) is 9.21. The van der Waals surface area contributed by atoms with E-state index in [9.17, 15) is 4.79 Å². The number of amides is 1. The summed E-state index contributed by atoms with van der Waals surface area (Å²) < 4.78 is 6.57. The van der Waals surface area contributed by atoms with Crippen LogP contribution in [0.25, 0.3) is 0 Å². The minimum atomic E-state index is -0.315. The molecule has 3 heterocycles. The van der Waals surface area contributed by atoms with Gasteiger partial charge in [-0.1, -0.05) is 17.7 Å². The molecule has 1 aromatic carbocycles. The number of benzene rings is 1. The zero-order valence-electron chi connectivity index (χ0n) is 15.4. The van der Waals surface area contributed by atoms with E-state index >= 15 is 0 Å². The largest absolute Gasteiger partial charge is 0.485 e. The summed E-state index contributed by atoms with van der Waals surface area (Å²) >= 11 is 0. The third kappa shape index (κ3) is 3.31. The van der Waals surface area contributed by atoms with E-state index in [1.165, 1.54) is 5.56 Å². The van der Waals surface area contributed by atoms with Crippen molar-refractivity contribution in [3.63, 3.8) is 0 Å². The molecule has 1 fully saturated rings. The number of aromatic nitrogens is 1. The average Bonchev–Trinajstić information content (AvgIpc) is 2.81. The van der Waals surface area contributed by atoms with Gasteiger partial charge in [0.1, 0.15) is 11.4 Å². The van der Waals surface area contributed by atoms with Gasteiger partial charge in [-0.3, -0.25) is 9.78 Å². The van der Waals surface area contributed by atoms with Crippen molar-refractivity contribution in [2.45, 2.75) is 31.9 Å². The molecule has 0 aliphatic carbocycles. The van der Waals surface area contributed by atoms with Crippen molar-refractivity contribution < 1.29 is 9.53 Å². The summed E-state index contributed by atoms with van der Waals surface area (Å²) in [6.45, 7) is 5.22. The minimum absolute atomic E-state index is 0.0226. The third-order valence-electron chi connectivity index (χ3n) is 5.48. The second-order valence-corrected chi connectivity index (χ2v) is 7.60. The van der Waals surface area contributed by atoms with E-state index in [1.807, 2.05) is 17.0 Å². The molecular weight excluding hydrogens is 326 g/mol. The van der Waals surface area contributed by atoms with E-state index in [-0.39, 0.29) is 11.5 Å². The standard InChI is InChI=1S/C21H25N3O2/c1-16-5-6-19-18(12-16)14-24(20(25)17-4-3-9-22-13-17)15-21(26-19)7-10-23(2)11-8-21/h3-6,9,12-13H,7-8,10-11,14-15H2,1-2H3. The van der Waals surface area contributed by atoms with Gasteiger partial charge in [0.05, 0.1) is 12.1 Å². The van der Waals surface area contributed by atoms with E-state index < -0.39 is 0 Å². The van der Waals surface area contributed by atoms with Gasteiger partial charge in [-0.25, -0.2) is 0 Å². The van der Waals surface area contributed by atoms with Gasteiger partial charge in [0.2, 0.25) is 0 Å². The van der Waals surface area contributed by atoms with Gasteiger partial charge in [-0.15, -0.1) is 0 Å². The van der Waals surface area contributed by atoms with Crippen LogP contribution in [0.5, 0.6) is 5.75 Å². The lowest BCUT2D eigenvalue weighted by Crippen LogP contribution is -2.53. The number of pyridine rings is 1. The second-order valence-electron chi connectivity index (χ2n) is 7.60. The molecular formula is C21H25N3O2. The topological polar surface area (TPSA) is 45.7 Å². The Kier molecular flexibility index (Phi) is 4.41. The number of rotatable bonds is 1. The van der Waals surface area contributed by atoms with E-state index in [0.29, 0.717) is 18.7 Å². The quantitative estimate of drug-likeness (QED) is 0.793. The lowest BCUT2D eigenvalue weighted by molar-refractivity contribution is -0.0103. The summed E-state index contributed by atoms with van der Waals surface area (Å²) in [5.74, 6) is 0.941. The zero-order valence-corrected chi connectivity index (χ0v) is 15.4. The molecule has 0 radical (unpaired) electrons. The van der Waals surface area contributed by atoms with Crippen molar-refractivity contribution in [2.75, 3.05) is 26.7 Å². The summed E-state index contributed by atoms with van der Waals surface area (Å²) in [6.07, 6.45) is 5.19. The van der Waals surface area contributed by atoms with Crippen LogP contribution in [0.4, 0.5) is 0 Å². The number of aryl methyl sites for hydroxylation is 1. The summed E-state index contributed by atoms with van der Waals surface area (Å²) in [5, 5.41) is 0. The predicted octanol–water partition coefficient (Wildman–Crippen LogP) is 2.89. The molecule has 5 nitrogen and oxygen atoms in total. The van der Waals surface area contributed by atoms with Crippen LogP contribution in [0.1, 0.15) is 34.3 Å². The fraction of sp³-hybridized carbons (Fsp3) is 0.429. The highest BCUT2D eigenvalue weighted by molar-refractivity contribution is 5.94. The molecule has 4 rings (SSSR count). The van der Waals surface area contributed by atoms with Crippen molar-refractivity contribution in [1.82, 2.24) is 14.8 Å². The molecule has 0 atom stereocenters. The number of hydrogen-bond donors (Lipinski definition) is 0. The lowest BCUT2D eigenvalue weighted by Gasteiger charge is -2.41. The van der Waals surface area contributed by atoms with E-state index in [1.54, 1.807) is 12.4 Å². The summed E-state index contributed by atoms with van der Waals surface area (Å²) in [5.41, 5.74) is 2.58. The maximum absolute atomic E-state index is 13.2. The number of carbonyl (C=O) groups excluding carboxylic acids is 1. The Labute approximate surface area is 154 Å². The molecule has 0 unspecified atom stereocenters. The molecule has 2 aliphatic heterocycles. The summed E-state index contributed by atoms with van der Waals surface area (Å²) in [7, 11) is 2.14. The highest BCUT2D eigenvalue weighted by atomic mass is 16.5. The zero-order chi connectivity index (χ0) is 18.1. The van der Waals surface area contributed by atoms with Crippen LogP contribution in [-0.2, 0) is 6.54 Å². The molecule has 5 heteroatoms. The van der Waals surface area contributed by atoms with Gasteiger partial charge >= 0.3 is 0 Å². The fourth-order valence-electron chi connectivity index (χ4n) is 3.91. The Morgan fingerprint density at radius 2 is 2.04 bits per heavy atom. The van der Waals surface area contributed by atoms with Crippen LogP contribution in [-0.4, -0.2) is 53.0 Å². The van der Waals surface area contributed by atoms with Crippen LogP contribution < -0.4 is 4.74 Å². The minimum Gasteiger partial charge on any atom is -0.485 e. The Morgan fingerprint density at radius 1 is 1.23 bits per heavy atom. The SMILES string of the molecule is Cc1ccc2c(c1)CN(C(=O)c1cccnc1)CC1(CCN(C)CC1)O2. The molecule has 0 N–H and O–H groups in total. The van der Waals surface area contributed by atoms with E-state index in [0.717, 1.165) is 37.2 Å². The number of fused-ring (bicyclic) bond motifs is 1. The molecule has 1 saturated heterocycles. The lowest BCUT2D eigenvalue weighted by atomic mass is 9.90. The molecule has 0 saturated carbocycles. The number of piperidine rings is 1. The first-order chi connectivity index (χ1) is 12.5. The highest BCUT2D eigenvalue weighted by Gasteiger charge is 2.41. The molecule has 2 aromatic rings. The van der Waals surface area contributed by atoms with Crippen molar-refractivity contribution in [3.8, 4) is 5.75 Å². The number of nitrogens with zero attached hydrogens (tertiary/aromatic N) is 3. The molecule has 26 heavy (non-hydrogen) atoms. The van der Waals surface area contributed by atoms with Gasteiger partial charge in [0, 0.05) is 50.4 Å². The molecule has 2 aliphatic rings. The third-order valence-corrected chi connectivity index (χ3v) is 5.48. The maximum atomic E-state index is 13.2. The number of carbonyl (C=O) groups is 1. The number of hydrogen-bond acceptors (Lipinski definition) is 4. The van der Waals surface area contributed by atoms with Crippen molar-refractivity contribution in [3.05, 3.63) is 59.4 Å². The van der Waals surface area contributed by atoms with Crippen LogP contribution >= 0.6 is 0 Å². The van der Waals surface area contributed by atoms with Gasteiger partial charge in [0.25, 0.3) is 5.91 Å². The van der Waals surface area contributed by atoms with Crippen LogP contribution in [0.3, 0.4) is 0 Å². The van der Waals surface area contributed by atoms with Crippen molar-refractivity contribution in [2.24, 2.45) is 0 Å². The Bertz CT molecular complexity index is 798. The van der Waals surface area contributed by atoms with Gasteiger partial charge in [-0.2, -0.15) is 0 Å². The number of likely N-dealkylation sites (tertiary alicyclic amines) is 1. The Balaban J connectivity index is 1.71. The van der Waals surface area contributed by atoms with Crippen molar-refractivity contribution >= 4 is 5.91 Å². The van der Waals surface area contributed by atoms with E-state index in [2.05, 4.69) is 42.1 Å². The second kappa shape index (κ2) is 6.72. The first kappa shape index (κ1) is 17.0. The van der Waals surface area contributed by atoms with Crippen LogP contribution in [0.15, 0.2) is 42.7 Å². The summed E-state index contributed by atoms with van der Waals surface area (Å²) in [6, 6.07) is 9.92. The molecule has 1 spiro atoms. The maximum Gasteiger partial charge on any atom is 0.255 e. The molecule has 1 aromatic heterocycles. The smallest absolute Gasteiger partial charge is 0.255 e. The fourth-order valence-corrected chi connectivity index (χ4v) is 3.91. The van der Waals surface area contributed by atoms with Crippen LogP contribution in [0, 0.1) is 6.92 Å². The number of ether oxygens (including phenoxy) is 1. The molecule has 0 bridgehead atoms. The van der Waals surface area contributed by atoms with Gasteiger partial charge in [-0.05, 0) is 32.2 Å². The predicted molar refractivity (Wildman–Crippen MR) is 100 cm³/mol. The van der Waals surface area contributed by atoms with Gasteiger partial charge in [0.15, 0.2) is 0 Å². The van der Waals surface area contributed by atoms with Crippen molar-refractivity contribution in [1.29, 1.82) is 0 Å². The summed E-state index contributed by atoms with van der Waals surface area (Å²) in [4.78, 5) is 21.5. The highest BCUT2D eigenvalue weighted by Crippen LogP contribution is 2.36. The normalized spacial score (nSPS) is 19.5. The Morgan fingerprint density at radius 3 is 2.77 bits per heavy atom.